The SMILES string of the molecule is CC1COC(c2ccc(Cl)cc2Cl)C1(F)F. The van der Waals surface area contributed by atoms with E-state index in [-0.39, 0.29) is 11.6 Å². The van der Waals surface area contributed by atoms with E-state index in [1.807, 2.05) is 0 Å². The Balaban J connectivity index is 2.38. The summed E-state index contributed by atoms with van der Waals surface area (Å²) in [5.41, 5.74) is 0.292. The molecule has 2 atom stereocenters. The summed E-state index contributed by atoms with van der Waals surface area (Å²) in [6.07, 6.45) is -1.27. The maximum absolute atomic E-state index is 13.8. The zero-order chi connectivity index (χ0) is 11.9. The van der Waals surface area contributed by atoms with Crippen LogP contribution in [-0.2, 0) is 4.74 Å². The highest BCUT2D eigenvalue weighted by molar-refractivity contribution is 6.35. The van der Waals surface area contributed by atoms with E-state index in [4.69, 9.17) is 27.9 Å². The molecular weight excluding hydrogens is 257 g/mol. The zero-order valence-electron chi connectivity index (χ0n) is 8.51. The van der Waals surface area contributed by atoms with Gasteiger partial charge in [-0.3, -0.25) is 0 Å². The van der Waals surface area contributed by atoms with Crippen LogP contribution in [0.25, 0.3) is 0 Å². The lowest BCUT2D eigenvalue weighted by Gasteiger charge is -2.21. The van der Waals surface area contributed by atoms with E-state index in [1.165, 1.54) is 25.1 Å². The van der Waals surface area contributed by atoms with Crippen molar-refractivity contribution in [2.24, 2.45) is 5.92 Å². The first kappa shape index (κ1) is 12.1. The van der Waals surface area contributed by atoms with Crippen LogP contribution >= 0.6 is 23.2 Å². The Morgan fingerprint density at radius 1 is 1.38 bits per heavy atom. The van der Waals surface area contributed by atoms with E-state index in [2.05, 4.69) is 0 Å². The largest absolute Gasteiger partial charge is 0.367 e. The molecule has 0 aromatic heterocycles. The lowest BCUT2D eigenvalue weighted by atomic mass is 9.97. The van der Waals surface area contributed by atoms with Crippen LogP contribution in [0.1, 0.15) is 18.6 Å². The molecular formula is C11H10Cl2F2O. The van der Waals surface area contributed by atoms with E-state index in [0.29, 0.717) is 10.6 Å². The lowest BCUT2D eigenvalue weighted by molar-refractivity contribution is -0.0857. The maximum Gasteiger partial charge on any atom is 0.282 e. The second kappa shape index (κ2) is 4.13. The van der Waals surface area contributed by atoms with Crippen LogP contribution in [0.15, 0.2) is 18.2 Å². The topological polar surface area (TPSA) is 9.23 Å². The fourth-order valence-corrected chi connectivity index (χ4v) is 2.24. The molecule has 5 heteroatoms. The van der Waals surface area contributed by atoms with Crippen molar-refractivity contribution in [1.29, 1.82) is 0 Å². The van der Waals surface area contributed by atoms with Crippen molar-refractivity contribution in [3.05, 3.63) is 33.8 Å². The van der Waals surface area contributed by atoms with Crippen LogP contribution in [0.3, 0.4) is 0 Å². The van der Waals surface area contributed by atoms with Crippen LogP contribution in [0.5, 0.6) is 0 Å². The minimum atomic E-state index is -2.89. The summed E-state index contributed by atoms with van der Waals surface area (Å²) in [5.74, 6) is -3.69. The molecule has 1 aliphatic rings. The second-order valence-corrected chi connectivity index (χ2v) is 4.80. The molecule has 0 aliphatic carbocycles. The van der Waals surface area contributed by atoms with Crippen molar-refractivity contribution < 1.29 is 13.5 Å². The van der Waals surface area contributed by atoms with E-state index in [1.54, 1.807) is 0 Å². The van der Waals surface area contributed by atoms with Gasteiger partial charge in [-0.05, 0) is 12.1 Å². The van der Waals surface area contributed by atoms with Gasteiger partial charge < -0.3 is 4.74 Å². The molecule has 0 bridgehead atoms. The van der Waals surface area contributed by atoms with E-state index >= 15 is 0 Å². The number of benzene rings is 1. The van der Waals surface area contributed by atoms with Crippen molar-refractivity contribution >= 4 is 23.2 Å². The molecule has 1 aliphatic heterocycles. The molecule has 1 fully saturated rings. The molecule has 2 rings (SSSR count). The van der Waals surface area contributed by atoms with Gasteiger partial charge >= 0.3 is 0 Å². The Labute approximate surface area is 102 Å². The molecule has 1 heterocycles. The highest BCUT2D eigenvalue weighted by Gasteiger charge is 2.52. The van der Waals surface area contributed by atoms with Gasteiger partial charge in [-0.1, -0.05) is 36.2 Å². The van der Waals surface area contributed by atoms with Gasteiger partial charge in [-0.15, -0.1) is 0 Å². The van der Waals surface area contributed by atoms with E-state index < -0.39 is 17.9 Å². The van der Waals surface area contributed by atoms with Gasteiger partial charge in [0, 0.05) is 21.5 Å². The highest BCUT2D eigenvalue weighted by Crippen LogP contribution is 2.47. The quantitative estimate of drug-likeness (QED) is 0.735. The van der Waals surface area contributed by atoms with E-state index in [9.17, 15) is 8.78 Å². The molecule has 2 unspecified atom stereocenters. The highest BCUT2D eigenvalue weighted by atomic mass is 35.5. The Hall–Kier alpha value is -0.380. The van der Waals surface area contributed by atoms with Gasteiger partial charge in [0.15, 0.2) is 0 Å². The first-order valence-electron chi connectivity index (χ1n) is 4.87. The van der Waals surface area contributed by atoms with Crippen molar-refractivity contribution in [3.63, 3.8) is 0 Å². The first-order valence-corrected chi connectivity index (χ1v) is 5.63. The van der Waals surface area contributed by atoms with Crippen molar-refractivity contribution in [3.8, 4) is 0 Å². The van der Waals surface area contributed by atoms with Crippen molar-refractivity contribution in [2.75, 3.05) is 6.61 Å². The molecule has 1 aromatic rings. The normalized spacial score (nSPS) is 28.3. The molecule has 16 heavy (non-hydrogen) atoms. The molecule has 1 nitrogen and oxygen atoms in total. The summed E-state index contributed by atoms with van der Waals surface area (Å²) >= 11 is 11.6. The Kier molecular flexibility index (Phi) is 3.12. The van der Waals surface area contributed by atoms with Crippen LogP contribution in [0.4, 0.5) is 8.78 Å². The molecule has 0 N–H and O–H groups in total. The average molecular weight is 267 g/mol. The zero-order valence-corrected chi connectivity index (χ0v) is 10.0. The Morgan fingerprint density at radius 3 is 2.56 bits per heavy atom. The lowest BCUT2D eigenvalue weighted by Crippen LogP contribution is -2.27. The third-order valence-corrected chi connectivity index (χ3v) is 3.33. The standard InChI is InChI=1S/C11H10Cl2F2O/c1-6-5-16-10(11(6,14)15)8-3-2-7(12)4-9(8)13/h2-4,6,10H,5H2,1H3. The molecule has 88 valence electrons. The van der Waals surface area contributed by atoms with Gasteiger partial charge in [-0.2, -0.15) is 0 Å². The molecule has 0 amide bonds. The predicted octanol–water partition coefficient (Wildman–Crippen LogP) is 4.34. The minimum Gasteiger partial charge on any atom is -0.367 e. The van der Waals surface area contributed by atoms with Gasteiger partial charge in [0.1, 0.15) is 6.10 Å². The number of alkyl halides is 2. The maximum atomic E-state index is 13.8. The molecule has 0 spiro atoms. The molecule has 1 aromatic carbocycles. The number of rotatable bonds is 1. The monoisotopic (exact) mass is 266 g/mol. The molecule has 0 radical (unpaired) electrons. The van der Waals surface area contributed by atoms with Crippen molar-refractivity contribution in [1.82, 2.24) is 0 Å². The third kappa shape index (κ3) is 1.92. The van der Waals surface area contributed by atoms with Crippen LogP contribution < -0.4 is 0 Å². The van der Waals surface area contributed by atoms with Gasteiger partial charge in [-0.25, -0.2) is 8.78 Å². The van der Waals surface area contributed by atoms with Crippen LogP contribution in [0.2, 0.25) is 10.0 Å². The fourth-order valence-electron chi connectivity index (χ4n) is 1.73. The number of ether oxygens (including phenoxy) is 1. The Bertz CT molecular complexity index is 409. The van der Waals surface area contributed by atoms with Gasteiger partial charge in [0.2, 0.25) is 0 Å². The fraction of sp³-hybridized carbons (Fsp3) is 0.455. The van der Waals surface area contributed by atoms with Gasteiger partial charge in [0.05, 0.1) is 6.61 Å². The second-order valence-electron chi connectivity index (χ2n) is 3.95. The van der Waals surface area contributed by atoms with Crippen LogP contribution in [-0.4, -0.2) is 12.5 Å². The summed E-state index contributed by atoms with van der Waals surface area (Å²) in [7, 11) is 0. The summed E-state index contributed by atoms with van der Waals surface area (Å²) < 4.78 is 32.6. The number of hydrogen-bond donors (Lipinski definition) is 0. The van der Waals surface area contributed by atoms with Gasteiger partial charge in [0.25, 0.3) is 5.92 Å². The smallest absolute Gasteiger partial charge is 0.282 e. The average Bonchev–Trinajstić information content (AvgIpc) is 2.44. The summed E-state index contributed by atoms with van der Waals surface area (Å²) in [6, 6.07) is 4.47. The van der Waals surface area contributed by atoms with E-state index in [0.717, 1.165) is 0 Å². The predicted molar refractivity (Wildman–Crippen MR) is 59.3 cm³/mol. The summed E-state index contributed by atoms with van der Waals surface area (Å²) in [6.45, 7) is 1.50. The third-order valence-electron chi connectivity index (χ3n) is 2.76. The molecule has 1 saturated heterocycles. The van der Waals surface area contributed by atoms with Crippen LogP contribution in [0, 0.1) is 5.92 Å². The minimum absolute atomic E-state index is 0.0383. The summed E-state index contributed by atoms with van der Waals surface area (Å²) in [5, 5.41) is 0.634. The summed E-state index contributed by atoms with van der Waals surface area (Å²) in [4.78, 5) is 0. The number of hydrogen-bond acceptors (Lipinski definition) is 1. The molecule has 0 saturated carbocycles. The first-order chi connectivity index (χ1) is 7.43. The number of halogens is 4. The van der Waals surface area contributed by atoms with Crippen molar-refractivity contribution in [2.45, 2.75) is 19.0 Å². The Morgan fingerprint density at radius 2 is 2.06 bits per heavy atom.